The van der Waals surface area contributed by atoms with Crippen LogP contribution in [0.25, 0.3) is 10.9 Å². The van der Waals surface area contributed by atoms with Crippen molar-refractivity contribution in [2.75, 3.05) is 46.0 Å². The van der Waals surface area contributed by atoms with Crippen LogP contribution >= 0.6 is 12.4 Å². The van der Waals surface area contributed by atoms with Crippen LogP contribution in [0.15, 0.2) is 18.2 Å². The highest BCUT2D eigenvalue weighted by molar-refractivity contribution is 5.99. The molecule has 200 valence electrons. The molecule has 1 aromatic carbocycles. The van der Waals surface area contributed by atoms with E-state index in [1.807, 2.05) is 0 Å². The van der Waals surface area contributed by atoms with E-state index in [0.29, 0.717) is 42.8 Å². The summed E-state index contributed by atoms with van der Waals surface area (Å²) in [5, 5.41) is 9.34. The number of hydrogen-bond acceptors (Lipinski definition) is 5. The van der Waals surface area contributed by atoms with E-state index in [4.69, 9.17) is 15.6 Å². The summed E-state index contributed by atoms with van der Waals surface area (Å²) in [5.41, 5.74) is 7.00. The molecule has 1 atom stereocenters. The SMILES string of the molecule is Cl.N[C@H](C(=O)N1CCN(C(=O)c2cc3cc(F)c(F)cc3n2CCOCCO)CC1)C1CCCCC1. The Bertz CT molecular complexity index is 1050. The maximum Gasteiger partial charge on any atom is 0.270 e. The lowest BCUT2D eigenvalue weighted by molar-refractivity contribution is -0.135. The van der Waals surface area contributed by atoms with Gasteiger partial charge < -0.3 is 29.9 Å². The van der Waals surface area contributed by atoms with Crippen molar-refractivity contribution in [3.63, 3.8) is 0 Å². The van der Waals surface area contributed by atoms with E-state index in [2.05, 4.69) is 0 Å². The van der Waals surface area contributed by atoms with Gasteiger partial charge >= 0.3 is 0 Å². The van der Waals surface area contributed by atoms with Gasteiger partial charge in [-0.3, -0.25) is 9.59 Å². The molecule has 2 aliphatic rings. The molecule has 0 bridgehead atoms. The van der Waals surface area contributed by atoms with Gasteiger partial charge in [0.25, 0.3) is 5.91 Å². The fraction of sp³-hybridized carbons (Fsp3) is 0.600. The molecular formula is C25H35ClF2N4O4. The number of nitrogens with zero attached hydrogens (tertiary/aromatic N) is 3. The largest absolute Gasteiger partial charge is 0.394 e. The smallest absolute Gasteiger partial charge is 0.270 e. The van der Waals surface area contributed by atoms with E-state index in [1.54, 1.807) is 20.4 Å². The molecule has 2 fully saturated rings. The minimum absolute atomic E-state index is 0. The number of aliphatic hydroxyl groups is 1. The van der Waals surface area contributed by atoms with Gasteiger partial charge in [0.05, 0.1) is 31.4 Å². The number of ether oxygens (including phenoxy) is 1. The second-order valence-electron chi connectivity index (χ2n) is 9.38. The second-order valence-corrected chi connectivity index (χ2v) is 9.38. The molecular weight excluding hydrogens is 494 g/mol. The van der Waals surface area contributed by atoms with Crippen LogP contribution in [0.1, 0.15) is 42.6 Å². The highest BCUT2D eigenvalue weighted by Gasteiger charge is 2.33. The molecule has 2 amide bonds. The van der Waals surface area contributed by atoms with Crippen molar-refractivity contribution < 1.29 is 28.2 Å². The Kier molecular flexibility index (Phi) is 10.1. The summed E-state index contributed by atoms with van der Waals surface area (Å²) < 4.78 is 34.7. The first-order valence-electron chi connectivity index (χ1n) is 12.4. The number of hydrogen-bond donors (Lipinski definition) is 2. The van der Waals surface area contributed by atoms with Crippen molar-refractivity contribution in [1.29, 1.82) is 0 Å². The van der Waals surface area contributed by atoms with E-state index < -0.39 is 17.7 Å². The molecule has 36 heavy (non-hydrogen) atoms. The molecule has 1 aliphatic heterocycles. The molecule has 11 heteroatoms. The number of carbonyl (C=O) groups excluding carboxylic acids is 2. The Balaban J connectivity index is 0.00000361. The first-order valence-corrected chi connectivity index (χ1v) is 12.4. The van der Waals surface area contributed by atoms with Gasteiger partial charge in [-0.1, -0.05) is 19.3 Å². The highest BCUT2D eigenvalue weighted by Crippen LogP contribution is 2.27. The number of amides is 2. The minimum atomic E-state index is -0.992. The third-order valence-corrected chi connectivity index (χ3v) is 7.18. The third kappa shape index (κ3) is 6.16. The summed E-state index contributed by atoms with van der Waals surface area (Å²) >= 11 is 0. The summed E-state index contributed by atoms with van der Waals surface area (Å²) in [5.74, 6) is -2.07. The minimum Gasteiger partial charge on any atom is -0.394 e. The standard InChI is InChI=1S/C25H34F2N4O4.ClH/c26-19-14-18-15-22(31(10-12-35-13-11-32)21(18)16-20(19)27)24(33)29-6-8-30(9-7-29)25(34)23(28)17-4-2-1-3-5-17;/h14-17,23,32H,1-13,28H2;1H/t23-;/m0./s1. The molecule has 0 radical (unpaired) electrons. The maximum atomic E-state index is 14.0. The van der Waals surface area contributed by atoms with Gasteiger partial charge in [0.2, 0.25) is 5.91 Å². The van der Waals surface area contributed by atoms with Crippen molar-refractivity contribution in [3.05, 3.63) is 35.5 Å². The zero-order valence-electron chi connectivity index (χ0n) is 20.3. The molecule has 0 spiro atoms. The molecule has 1 aliphatic carbocycles. The Morgan fingerprint density at radius 2 is 1.64 bits per heavy atom. The molecule has 1 saturated heterocycles. The zero-order chi connectivity index (χ0) is 24.9. The quantitative estimate of drug-likeness (QED) is 0.513. The average molecular weight is 529 g/mol. The van der Waals surface area contributed by atoms with Crippen LogP contribution in [0.4, 0.5) is 8.78 Å². The summed E-state index contributed by atoms with van der Waals surface area (Å²) in [6.07, 6.45) is 5.39. The van der Waals surface area contributed by atoms with Crippen LogP contribution in [0.3, 0.4) is 0 Å². The van der Waals surface area contributed by atoms with E-state index in [-0.39, 0.29) is 56.5 Å². The van der Waals surface area contributed by atoms with Gasteiger partial charge in [-0.2, -0.15) is 0 Å². The Hall–Kier alpha value is -2.27. The topological polar surface area (TPSA) is 101 Å². The molecule has 1 saturated carbocycles. The molecule has 4 rings (SSSR count). The number of piperazine rings is 1. The number of fused-ring (bicyclic) bond motifs is 1. The second kappa shape index (κ2) is 12.8. The van der Waals surface area contributed by atoms with Crippen LogP contribution in [0.2, 0.25) is 0 Å². The highest BCUT2D eigenvalue weighted by atomic mass is 35.5. The summed E-state index contributed by atoms with van der Waals surface area (Å²) in [6.45, 7) is 1.95. The fourth-order valence-corrected chi connectivity index (χ4v) is 5.19. The Morgan fingerprint density at radius 1 is 1.00 bits per heavy atom. The van der Waals surface area contributed by atoms with E-state index in [0.717, 1.165) is 37.8 Å². The monoisotopic (exact) mass is 528 g/mol. The predicted octanol–water partition coefficient (Wildman–Crippen LogP) is 2.54. The first-order chi connectivity index (χ1) is 16.9. The first kappa shape index (κ1) is 28.3. The lowest BCUT2D eigenvalue weighted by atomic mass is 9.83. The Morgan fingerprint density at radius 3 is 2.31 bits per heavy atom. The molecule has 0 unspecified atom stereocenters. The van der Waals surface area contributed by atoms with Crippen LogP contribution < -0.4 is 5.73 Å². The normalized spacial score (nSPS) is 17.8. The summed E-state index contributed by atoms with van der Waals surface area (Å²) in [6, 6.07) is 3.22. The molecule has 1 aromatic heterocycles. The van der Waals surface area contributed by atoms with Crippen molar-refractivity contribution in [3.8, 4) is 0 Å². The predicted molar refractivity (Wildman–Crippen MR) is 134 cm³/mol. The fourth-order valence-electron chi connectivity index (χ4n) is 5.19. The van der Waals surface area contributed by atoms with Gasteiger partial charge in [-0.15, -0.1) is 12.4 Å². The molecule has 3 N–H and O–H groups in total. The van der Waals surface area contributed by atoms with Gasteiger partial charge in [0.1, 0.15) is 5.69 Å². The lowest BCUT2D eigenvalue weighted by Crippen LogP contribution is -2.56. The van der Waals surface area contributed by atoms with Gasteiger partial charge in [-0.25, -0.2) is 8.78 Å². The van der Waals surface area contributed by atoms with Crippen molar-refractivity contribution in [2.24, 2.45) is 11.7 Å². The lowest BCUT2D eigenvalue weighted by Gasteiger charge is -2.37. The van der Waals surface area contributed by atoms with E-state index in [9.17, 15) is 18.4 Å². The summed E-state index contributed by atoms with van der Waals surface area (Å²) in [4.78, 5) is 29.8. The summed E-state index contributed by atoms with van der Waals surface area (Å²) in [7, 11) is 0. The number of carbonyl (C=O) groups is 2. The average Bonchev–Trinajstić information content (AvgIpc) is 3.23. The number of nitrogens with two attached hydrogens (primary N) is 1. The van der Waals surface area contributed by atoms with E-state index >= 15 is 0 Å². The number of aliphatic hydroxyl groups excluding tert-OH is 1. The number of rotatable bonds is 8. The van der Waals surface area contributed by atoms with Gasteiger partial charge in [0, 0.05) is 44.2 Å². The van der Waals surface area contributed by atoms with Crippen molar-refractivity contribution >= 4 is 35.1 Å². The van der Waals surface area contributed by atoms with Crippen molar-refractivity contribution in [1.82, 2.24) is 14.4 Å². The van der Waals surface area contributed by atoms with Crippen LogP contribution in [-0.4, -0.2) is 83.3 Å². The van der Waals surface area contributed by atoms with Crippen LogP contribution in [0.5, 0.6) is 0 Å². The maximum absolute atomic E-state index is 14.0. The molecule has 2 heterocycles. The van der Waals surface area contributed by atoms with E-state index in [1.165, 1.54) is 6.42 Å². The van der Waals surface area contributed by atoms with Crippen LogP contribution in [0, 0.1) is 17.6 Å². The number of benzene rings is 1. The number of halogens is 3. The zero-order valence-corrected chi connectivity index (χ0v) is 21.2. The molecule has 2 aromatic rings. The van der Waals surface area contributed by atoms with Crippen LogP contribution in [-0.2, 0) is 16.1 Å². The number of aromatic nitrogens is 1. The third-order valence-electron chi connectivity index (χ3n) is 7.18. The van der Waals surface area contributed by atoms with Gasteiger partial charge in [0.15, 0.2) is 11.6 Å². The van der Waals surface area contributed by atoms with Gasteiger partial charge in [-0.05, 0) is 30.9 Å². The molecule has 8 nitrogen and oxygen atoms in total. The Labute approximate surface area is 215 Å². The van der Waals surface area contributed by atoms with Crippen molar-refractivity contribution in [2.45, 2.75) is 44.7 Å².